The summed E-state index contributed by atoms with van der Waals surface area (Å²) in [6, 6.07) is 0. The minimum absolute atomic E-state index is 0.0847. The smallest absolute Gasteiger partial charge is 0.462 e. The topological polar surface area (TPSA) is 237 Å². The van der Waals surface area contributed by atoms with Crippen molar-refractivity contribution in [1.29, 1.82) is 0 Å². The normalized spacial score (nSPS) is 14.2. The number of ether oxygens (including phenoxy) is 4. The number of phosphoric acid groups is 2. The molecule has 0 heterocycles. The van der Waals surface area contributed by atoms with Crippen molar-refractivity contribution >= 4 is 39.5 Å². The van der Waals surface area contributed by atoms with E-state index >= 15 is 0 Å². The molecule has 0 rings (SSSR count). The summed E-state index contributed by atoms with van der Waals surface area (Å²) in [5.74, 6) is 0.102. The molecule has 0 aliphatic rings. The van der Waals surface area contributed by atoms with Crippen LogP contribution < -0.4 is 0 Å². The van der Waals surface area contributed by atoms with Gasteiger partial charge >= 0.3 is 39.5 Å². The zero-order chi connectivity index (χ0) is 70.9. The molecule has 3 unspecified atom stereocenters. The van der Waals surface area contributed by atoms with Crippen LogP contribution in [0.1, 0.15) is 370 Å². The summed E-state index contributed by atoms with van der Waals surface area (Å²) in [5.41, 5.74) is 0. The van der Waals surface area contributed by atoms with Crippen LogP contribution in [-0.2, 0) is 65.4 Å². The molecule has 0 saturated carbocycles. The molecule has 96 heavy (non-hydrogen) atoms. The third-order valence-electron chi connectivity index (χ3n) is 17.3. The first kappa shape index (κ1) is 93.5. The maximum atomic E-state index is 13.1. The maximum absolute atomic E-state index is 13.1. The lowest BCUT2D eigenvalue weighted by molar-refractivity contribution is -0.161. The lowest BCUT2D eigenvalue weighted by Crippen LogP contribution is -2.30. The first-order chi connectivity index (χ1) is 46.2. The van der Waals surface area contributed by atoms with Gasteiger partial charge in [-0.25, -0.2) is 9.13 Å². The summed E-state index contributed by atoms with van der Waals surface area (Å²) in [5, 5.41) is 10.6. The monoisotopic (exact) mass is 1410 g/mol. The molecule has 19 heteroatoms. The van der Waals surface area contributed by atoms with E-state index in [-0.39, 0.29) is 25.7 Å². The molecule has 0 aliphatic carbocycles. The second-order valence-electron chi connectivity index (χ2n) is 28.5. The average Bonchev–Trinajstić information content (AvgIpc) is 3.62. The molecule has 0 bridgehead atoms. The zero-order valence-electron chi connectivity index (χ0n) is 62.3. The van der Waals surface area contributed by atoms with Crippen molar-refractivity contribution in [1.82, 2.24) is 0 Å². The highest BCUT2D eigenvalue weighted by atomic mass is 31.2. The molecule has 5 atom stereocenters. The van der Waals surface area contributed by atoms with Gasteiger partial charge in [0.15, 0.2) is 12.2 Å². The Kier molecular flexibility index (Phi) is 65.3. The highest BCUT2D eigenvalue weighted by Crippen LogP contribution is 2.45. The number of hydrogen-bond donors (Lipinski definition) is 3. The predicted octanol–water partition coefficient (Wildman–Crippen LogP) is 22.1. The number of unbranched alkanes of at least 4 members (excludes halogenated alkanes) is 38. The van der Waals surface area contributed by atoms with Gasteiger partial charge in [0, 0.05) is 25.7 Å². The van der Waals surface area contributed by atoms with Gasteiger partial charge in [-0.3, -0.25) is 37.3 Å². The van der Waals surface area contributed by atoms with Crippen LogP contribution in [0, 0.1) is 17.8 Å². The number of carbonyl (C=O) groups is 4. The van der Waals surface area contributed by atoms with Crippen molar-refractivity contribution in [2.24, 2.45) is 17.8 Å². The highest BCUT2D eigenvalue weighted by molar-refractivity contribution is 7.47. The van der Waals surface area contributed by atoms with Gasteiger partial charge in [0.05, 0.1) is 26.4 Å². The summed E-state index contributed by atoms with van der Waals surface area (Å²) >= 11 is 0. The molecule has 566 valence electrons. The SMILES string of the molecule is CCCCCC/C=C\C=C/CCCCCCCC(=O)O[C@H](COC(=O)CCCCCCCCCCCCCCC(C)C)COP(=O)(O)OCC(O)COP(=O)(O)OC[C@@H](COC(=O)CCCCCCCCC(C)C)OC(=O)CCCCCCCCCCCCCCCCC(C)C. The van der Waals surface area contributed by atoms with Crippen molar-refractivity contribution in [3.05, 3.63) is 24.3 Å². The quantitative estimate of drug-likeness (QED) is 0.0169. The molecule has 0 aromatic heterocycles. The van der Waals surface area contributed by atoms with Crippen LogP contribution in [0.3, 0.4) is 0 Å². The average molecular weight is 1410 g/mol. The third kappa shape index (κ3) is 70.0. The van der Waals surface area contributed by atoms with E-state index in [1.54, 1.807) is 0 Å². The van der Waals surface area contributed by atoms with Gasteiger partial charge in [-0.15, -0.1) is 0 Å². The van der Waals surface area contributed by atoms with Crippen LogP contribution in [-0.4, -0.2) is 96.7 Å². The molecule has 0 aromatic carbocycles. The fraction of sp³-hybridized carbons (Fsp3) is 0.896. The van der Waals surface area contributed by atoms with Gasteiger partial charge in [-0.1, -0.05) is 317 Å². The minimum atomic E-state index is -4.97. The van der Waals surface area contributed by atoms with Crippen molar-refractivity contribution in [2.45, 2.75) is 388 Å². The Hall–Kier alpha value is -2.46. The lowest BCUT2D eigenvalue weighted by Gasteiger charge is -2.21. The van der Waals surface area contributed by atoms with E-state index in [2.05, 4.69) is 72.8 Å². The third-order valence-corrected chi connectivity index (χ3v) is 19.2. The fourth-order valence-corrected chi connectivity index (χ4v) is 12.8. The number of rotatable bonds is 73. The van der Waals surface area contributed by atoms with E-state index in [1.807, 2.05) is 0 Å². The number of esters is 4. The fourth-order valence-electron chi connectivity index (χ4n) is 11.2. The van der Waals surface area contributed by atoms with Crippen molar-refractivity contribution in [2.75, 3.05) is 39.6 Å². The van der Waals surface area contributed by atoms with E-state index < -0.39 is 97.5 Å². The molecule has 0 amide bonds. The zero-order valence-corrected chi connectivity index (χ0v) is 64.1. The minimum Gasteiger partial charge on any atom is -0.462 e. The molecule has 3 N–H and O–H groups in total. The van der Waals surface area contributed by atoms with Crippen molar-refractivity contribution in [3.8, 4) is 0 Å². The Labute approximate surface area is 586 Å². The van der Waals surface area contributed by atoms with Gasteiger partial charge in [0.2, 0.25) is 0 Å². The Morgan fingerprint density at radius 2 is 0.562 bits per heavy atom. The number of phosphoric ester groups is 2. The first-order valence-corrected chi connectivity index (χ1v) is 42.2. The van der Waals surface area contributed by atoms with E-state index in [9.17, 15) is 43.2 Å². The summed E-state index contributed by atoms with van der Waals surface area (Å²) in [6.07, 6.45) is 56.4. The second-order valence-corrected chi connectivity index (χ2v) is 31.4. The molecule has 0 spiro atoms. The Morgan fingerprint density at radius 3 is 0.844 bits per heavy atom. The summed E-state index contributed by atoms with van der Waals surface area (Å²) in [7, 11) is -9.93. The lowest BCUT2D eigenvalue weighted by atomic mass is 10.0. The van der Waals surface area contributed by atoms with Crippen molar-refractivity contribution < 1.29 is 80.2 Å². The molecule has 0 aliphatic heterocycles. The predicted molar refractivity (Wildman–Crippen MR) is 390 cm³/mol. The number of aliphatic hydroxyl groups excluding tert-OH is 1. The number of allylic oxidation sites excluding steroid dienone is 4. The van der Waals surface area contributed by atoms with E-state index in [0.717, 1.165) is 121 Å². The van der Waals surface area contributed by atoms with E-state index in [1.165, 1.54) is 161 Å². The highest BCUT2D eigenvalue weighted by Gasteiger charge is 2.30. The van der Waals surface area contributed by atoms with Crippen LogP contribution in [0.2, 0.25) is 0 Å². The molecule has 0 aromatic rings. The molecule has 0 saturated heterocycles. The number of carbonyl (C=O) groups excluding carboxylic acids is 4. The van der Waals surface area contributed by atoms with Gasteiger partial charge in [0.1, 0.15) is 19.3 Å². The molecule has 0 fully saturated rings. The van der Waals surface area contributed by atoms with Crippen LogP contribution >= 0.6 is 15.6 Å². The number of aliphatic hydroxyl groups is 1. The summed E-state index contributed by atoms with van der Waals surface area (Å²) in [4.78, 5) is 72.8. The van der Waals surface area contributed by atoms with Crippen LogP contribution in [0.15, 0.2) is 24.3 Å². The molecular weight excluding hydrogens is 1260 g/mol. The van der Waals surface area contributed by atoms with E-state index in [4.69, 9.17) is 37.0 Å². The Morgan fingerprint density at radius 1 is 0.323 bits per heavy atom. The van der Waals surface area contributed by atoms with Crippen LogP contribution in [0.5, 0.6) is 0 Å². The number of hydrogen-bond acceptors (Lipinski definition) is 15. The standard InChI is InChI=1S/C77H146O17P2/c1-8-9-10-11-12-13-14-15-16-20-27-32-37-46-53-60-76(81)93-72(64-87-74(79)58-51-44-36-31-26-23-22-25-30-35-42-49-56-69(4)5)66-91-95(83,84)89-62-71(78)63-90-96(85,86)92-67-73(65-88-75(80)59-52-45-40-39-43-50-57-70(6)7)94-77(82)61-54-47-38-33-28-21-18-17-19-24-29-34-41-48-55-68(2)3/h13-16,68-73,78H,8-12,17-67H2,1-7H3,(H,83,84)(H,85,86)/b14-13-,16-15-/t71?,72-,73-/m1/s1. The van der Waals surface area contributed by atoms with Gasteiger partial charge in [-0.05, 0) is 69.1 Å². The van der Waals surface area contributed by atoms with Gasteiger partial charge < -0.3 is 33.8 Å². The molecular formula is C77H146O17P2. The van der Waals surface area contributed by atoms with Crippen LogP contribution in [0.25, 0.3) is 0 Å². The Bertz CT molecular complexity index is 1960. The van der Waals surface area contributed by atoms with Crippen molar-refractivity contribution in [3.63, 3.8) is 0 Å². The van der Waals surface area contributed by atoms with Gasteiger partial charge in [-0.2, -0.15) is 0 Å². The van der Waals surface area contributed by atoms with Crippen LogP contribution in [0.4, 0.5) is 0 Å². The first-order valence-electron chi connectivity index (χ1n) is 39.2. The maximum Gasteiger partial charge on any atom is 0.472 e. The largest absolute Gasteiger partial charge is 0.472 e. The summed E-state index contributed by atoms with van der Waals surface area (Å²) in [6.45, 7) is 11.8. The van der Waals surface area contributed by atoms with E-state index in [0.29, 0.717) is 31.6 Å². The summed E-state index contributed by atoms with van der Waals surface area (Å²) < 4.78 is 68.5. The van der Waals surface area contributed by atoms with Gasteiger partial charge in [0.25, 0.3) is 0 Å². The molecule has 0 radical (unpaired) electrons. The second kappa shape index (κ2) is 67.1. The molecule has 17 nitrogen and oxygen atoms in total. The Balaban J connectivity index is 5.27.